The predicted octanol–water partition coefficient (Wildman–Crippen LogP) is 3.55. The van der Waals surface area contributed by atoms with Crippen LogP contribution in [0.25, 0.3) is 0 Å². The first kappa shape index (κ1) is 15.3. The lowest BCUT2D eigenvalue weighted by molar-refractivity contribution is -0.149. The first-order chi connectivity index (χ1) is 9.70. The molecule has 0 heterocycles. The van der Waals surface area contributed by atoms with Gasteiger partial charge in [0.2, 0.25) is 0 Å². The number of nitrogens with one attached hydrogen (secondary N) is 1. The molecule has 1 aliphatic rings. The Balaban J connectivity index is 1.75. The highest BCUT2D eigenvalue weighted by molar-refractivity contribution is 6.31. The van der Waals surface area contributed by atoms with Crippen LogP contribution in [0, 0.1) is 5.92 Å². The third-order valence-electron chi connectivity index (χ3n) is 3.89. The van der Waals surface area contributed by atoms with Crippen LogP contribution in [0.3, 0.4) is 0 Å². The maximum atomic E-state index is 11.7. The SMILES string of the molecule is CCOC(=O)C1CCC(NCc2ccccc2Cl)CC1. The van der Waals surface area contributed by atoms with Crippen LogP contribution in [0.15, 0.2) is 24.3 Å². The molecule has 1 aromatic carbocycles. The summed E-state index contributed by atoms with van der Waals surface area (Å²) < 4.78 is 5.08. The number of benzene rings is 1. The highest BCUT2D eigenvalue weighted by Crippen LogP contribution is 2.26. The maximum absolute atomic E-state index is 11.7. The van der Waals surface area contributed by atoms with Gasteiger partial charge in [-0.25, -0.2) is 0 Å². The summed E-state index contributed by atoms with van der Waals surface area (Å²) in [7, 11) is 0. The van der Waals surface area contributed by atoms with Gasteiger partial charge in [-0.1, -0.05) is 29.8 Å². The average Bonchev–Trinajstić information content (AvgIpc) is 2.47. The summed E-state index contributed by atoms with van der Waals surface area (Å²) in [6.45, 7) is 3.12. The molecule has 0 aromatic heterocycles. The Hall–Kier alpha value is -1.06. The van der Waals surface area contributed by atoms with E-state index < -0.39 is 0 Å². The molecule has 1 N–H and O–H groups in total. The molecule has 20 heavy (non-hydrogen) atoms. The molecule has 0 saturated heterocycles. The van der Waals surface area contributed by atoms with Gasteiger partial charge in [-0.05, 0) is 44.2 Å². The summed E-state index contributed by atoms with van der Waals surface area (Å²) in [5.74, 6) is 0.0605. The third kappa shape index (κ3) is 4.22. The summed E-state index contributed by atoms with van der Waals surface area (Å²) in [5, 5.41) is 4.34. The van der Waals surface area contributed by atoms with Crippen LogP contribution in [0.5, 0.6) is 0 Å². The van der Waals surface area contributed by atoms with E-state index in [0.717, 1.165) is 42.8 Å². The molecule has 1 aliphatic carbocycles. The predicted molar refractivity (Wildman–Crippen MR) is 80.7 cm³/mol. The van der Waals surface area contributed by atoms with Crippen molar-refractivity contribution in [2.45, 2.75) is 45.2 Å². The topological polar surface area (TPSA) is 38.3 Å². The molecule has 1 saturated carbocycles. The molecule has 0 radical (unpaired) electrons. The van der Waals surface area contributed by atoms with Crippen molar-refractivity contribution in [1.82, 2.24) is 5.32 Å². The fraction of sp³-hybridized carbons (Fsp3) is 0.562. The van der Waals surface area contributed by atoms with Crippen molar-refractivity contribution in [2.24, 2.45) is 5.92 Å². The van der Waals surface area contributed by atoms with Crippen LogP contribution in [-0.2, 0) is 16.1 Å². The van der Waals surface area contributed by atoms with Crippen molar-refractivity contribution in [2.75, 3.05) is 6.61 Å². The van der Waals surface area contributed by atoms with Gasteiger partial charge in [0.25, 0.3) is 0 Å². The number of hydrogen-bond donors (Lipinski definition) is 1. The molecule has 110 valence electrons. The van der Waals surface area contributed by atoms with E-state index in [9.17, 15) is 4.79 Å². The number of halogens is 1. The fourth-order valence-electron chi connectivity index (χ4n) is 2.69. The van der Waals surface area contributed by atoms with Gasteiger partial charge in [-0.2, -0.15) is 0 Å². The smallest absolute Gasteiger partial charge is 0.308 e. The van der Waals surface area contributed by atoms with Crippen LogP contribution in [0.1, 0.15) is 38.2 Å². The Morgan fingerprint density at radius 2 is 2.00 bits per heavy atom. The van der Waals surface area contributed by atoms with Gasteiger partial charge >= 0.3 is 5.97 Å². The van der Waals surface area contributed by atoms with Crippen LogP contribution < -0.4 is 5.32 Å². The summed E-state index contributed by atoms with van der Waals surface area (Å²) in [5.41, 5.74) is 1.13. The monoisotopic (exact) mass is 295 g/mol. The molecular formula is C16H22ClNO2. The largest absolute Gasteiger partial charge is 0.466 e. The van der Waals surface area contributed by atoms with Crippen LogP contribution in [0.4, 0.5) is 0 Å². The first-order valence-corrected chi connectivity index (χ1v) is 7.72. The molecule has 0 amide bonds. The molecule has 1 fully saturated rings. The number of ether oxygens (including phenoxy) is 1. The average molecular weight is 296 g/mol. The summed E-state index contributed by atoms with van der Waals surface area (Å²) in [6.07, 6.45) is 3.87. The number of rotatable bonds is 5. The zero-order valence-electron chi connectivity index (χ0n) is 11.9. The van der Waals surface area contributed by atoms with Crippen LogP contribution in [-0.4, -0.2) is 18.6 Å². The van der Waals surface area contributed by atoms with E-state index >= 15 is 0 Å². The van der Waals surface area contributed by atoms with E-state index in [1.54, 1.807) is 0 Å². The lowest BCUT2D eigenvalue weighted by Crippen LogP contribution is -2.35. The van der Waals surface area contributed by atoms with Crippen LogP contribution in [0.2, 0.25) is 5.02 Å². The van der Waals surface area contributed by atoms with E-state index in [2.05, 4.69) is 5.32 Å². The van der Waals surface area contributed by atoms with E-state index in [-0.39, 0.29) is 11.9 Å². The van der Waals surface area contributed by atoms with Gasteiger partial charge in [-0.3, -0.25) is 4.79 Å². The summed E-state index contributed by atoms with van der Waals surface area (Å²) >= 11 is 6.14. The molecule has 0 spiro atoms. The van der Waals surface area contributed by atoms with E-state index in [0.29, 0.717) is 12.6 Å². The quantitative estimate of drug-likeness (QED) is 0.844. The van der Waals surface area contributed by atoms with Gasteiger partial charge in [-0.15, -0.1) is 0 Å². The molecule has 2 rings (SSSR count). The molecule has 0 atom stereocenters. The van der Waals surface area contributed by atoms with Crippen molar-refractivity contribution in [1.29, 1.82) is 0 Å². The van der Waals surface area contributed by atoms with Gasteiger partial charge in [0.15, 0.2) is 0 Å². The maximum Gasteiger partial charge on any atom is 0.308 e. The van der Waals surface area contributed by atoms with E-state index in [1.165, 1.54) is 0 Å². The zero-order valence-corrected chi connectivity index (χ0v) is 12.7. The minimum Gasteiger partial charge on any atom is -0.466 e. The number of hydrogen-bond acceptors (Lipinski definition) is 3. The summed E-state index contributed by atoms with van der Waals surface area (Å²) in [6, 6.07) is 8.36. The second-order valence-corrected chi connectivity index (χ2v) is 5.68. The number of esters is 1. The van der Waals surface area contributed by atoms with Crippen molar-refractivity contribution in [3.63, 3.8) is 0 Å². The standard InChI is InChI=1S/C16H22ClNO2/c1-2-20-16(19)12-7-9-14(10-8-12)18-11-13-5-3-4-6-15(13)17/h3-6,12,14,18H,2,7-11H2,1H3. The Bertz CT molecular complexity index is 442. The second-order valence-electron chi connectivity index (χ2n) is 5.27. The van der Waals surface area contributed by atoms with Crippen molar-refractivity contribution < 1.29 is 9.53 Å². The molecule has 3 nitrogen and oxygen atoms in total. The van der Waals surface area contributed by atoms with Gasteiger partial charge in [0, 0.05) is 17.6 Å². The Morgan fingerprint density at radius 3 is 2.65 bits per heavy atom. The second kappa shape index (κ2) is 7.65. The van der Waals surface area contributed by atoms with Crippen molar-refractivity contribution in [3.8, 4) is 0 Å². The Morgan fingerprint density at radius 1 is 1.30 bits per heavy atom. The molecule has 1 aromatic rings. The minimum atomic E-state index is -0.0305. The van der Waals surface area contributed by atoms with E-state index in [1.807, 2.05) is 31.2 Å². The lowest BCUT2D eigenvalue weighted by atomic mass is 9.86. The number of carbonyl (C=O) groups is 1. The first-order valence-electron chi connectivity index (χ1n) is 7.34. The lowest BCUT2D eigenvalue weighted by Gasteiger charge is -2.28. The Labute approximate surface area is 125 Å². The highest BCUT2D eigenvalue weighted by atomic mass is 35.5. The highest BCUT2D eigenvalue weighted by Gasteiger charge is 2.26. The zero-order chi connectivity index (χ0) is 14.4. The molecule has 0 bridgehead atoms. The molecule has 0 unspecified atom stereocenters. The third-order valence-corrected chi connectivity index (χ3v) is 4.25. The Kier molecular flexibility index (Phi) is 5.86. The van der Waals surface area contributed by atoms with Gasteiger partial charge in [0.1, 0.15) is 0 Å². The normalized spacial score (nSPS) is 22.5. The minimum absolute atomic E-state index is 0.0305. The molecule has 4 heteroatoms. The van der Waals surface area contributed by atoms with Gasteiger partial charge in [0.05, 0.1) is 12.5 Å². The summed E-state index contributed by atoms with van der Waals surface area (Å²) in [4.78, 5) is 11.7. The molecular weight excluding hydrogens is 274 g/mol. The number of carbonyl (C=O) groups excluding carboxylic acids is 1. The van der Waals surface area contributed by atoms with Crippen molar-refractivity contribution in [3.05, 3.63) is 34.9 Å². The van der Waals surface area contributed by atoms with E-state index in [4.69, 9.17) is 16.3 Å². The van der Waals surface area contributed by atoms with Crippen molar-refractivity contribution >= 4 is 17.6 Å². The van der Waals surface area contributed by atoms with Gasteiger partial charge < -0.3 is 10.1 Å². The molecule has 0 aliphatic heterocycles. The fourth-order valence-corrected chi connectivity index (χ4v) is 2.89. The van der Waals surface area contributed by atoms with Crippen LogP contribution >= 0.6 is 11.6 Å².